The van der Waals surface area contributed by atoms with Crippen molar-refractivity contribution in [3.05, 3.63) is 56.7 Å². The number of halogens is 3. The number of ether oxygens (including phenoxy) is 1. The molecule has 2 aromatic carbocycles. The predicted molar refractivity (Wildman–Crippen MR) is 80.8 cm³/mol. The van der Waals surface area contributed by atoms with Crippen LogP contribution in [0.15, 0.2) is 50.5 Å². The van der Waals surface area contributed by atoms with E-state index in [-0.39, 0.29) is 5.84 Å². The molecule has 0 atom stereocenters. The van der Waals surface area contributed by atoms with Crippen LogP contribution in [-0.4, -0.2) is 11.0 Å². The number of rotatable bonds is 3. The fraction of sp³-hybridized carbons (Fsp3) is 0. The van der Waals surface area contributed by atoms with Gasteiger partial charge in [0.1, 0.15) is 17.3 Å². The molecule has 3 N–H and O–H groups in total. The molecule has 0 radical (unpaired) electrons. The summed E-state index contributed by atoms with van der Waals surface area (Å²) < 4.78 is 20.0. The van der Waals surface area contributed by atoms with Crippen LogP contribution >= 0.6 is 31.9 Å². The lowest BCUT2D eigenvalue weighted by Crippen LogP contribution is -2.12. The number of hydrogen-bond acceptors (Lipinski definition) is 3. The van der Waals surface area contributed by atoms with Gasteiger partial charge in [0.15, 0.2) is 5.84 Å². The lowest BCUT2D eigenvalue weighted by Gasteiger charge is -2.10. The van der Waals surface area contributed by atoms with Gasteiger partial charge >= 0.3 is 0 Å². The first kappa shape index (κ1) is 14.8. The average molecular weight is 404 g/mol. The van der Waals surface area contributed by atoms with Crippen molar-refractivity contribution < 1.29 is 14.3 Å². The highest BCUT2D eigenvalue weighted by Crippen LogP contribution is 2.34. The van der Waals surface area contributed by atoms with Crippen molar-refractivity contribution in [1.29, 1.82) is 0 Å². The number of amidine groups is 1. The smallest absolute Gasteiger partial charge is 0.170 e. The summed E-state index contributed by atoms with van der Waals surface area (Å²) in [4.78, 5) is 0. The Hall–Kier alpha value is -1.60. The van der Waals surface area contributed by atoms with Crippen molar-refractivity contribution in [2.24, 2.45) is 10.9 Å². The summed E-state index contributed by atoms with van der Waals surface area (Å²) in [7, 11) is 0. The topological polar surface area (TPSA) is 67.8 Å². The van der Waals surface area contributed by atoms with Crippen molar-refractivity contribution in [2.75, 3.05) is 0 Å². The second-order valence-corrected chi connectivity index (χ2v) is 5.52. The molecule has 0 aromatic heterocycles. The van der Waals surface area contributed by atoms with Gasteiger partial charge in [-0.05, 0) is 62.2 Å². The third-order valence-corrected chi connectivity index (χ3v) is 3.72. The lowest BCUT2D eigenvalue weighted by atomic mass is 10.2. The molecule has 0 spiro atoms. The third kappa shape index (κ3) is 3.29. The van der Waals surface area contributed by atoms with E-state index in [9.17, 15) is 4.39 Å². The molecule has 0 saturated heterocycles. The molecule has 0 aliphatic rings. The highest BCUT2D eigenvalue weighted by atomic mass is 79.9. The van der Waals surface area contributed by atoms with E-state index in [1.54, 1.807) is 24.3 Å². The number of nitrogens with two attached hydrogens (primary N) is 1. The molecule has 4 nitrogen and oxygen atoms in total. The number of benzene rings is 2. The van der Waals surface area contributed by atoms with Crippen molar-refractivity contribution in [1.82, 2.24) is 0 Å². The van der Waals surface area contributed by atoms with Crippen molar-refractivity contribution >= 4 is 37.7 Å². The van der Waals surface area contributed by atoms with E-state index < -0.39 is 5.82 Å². The molecule has 0 unspecified atom stereocenters. The summed E-state index contributed by atoms with van der Waals surface area (Å²) in [6.07, 6.45) is 0. The molecule has 104 valence electrons. The van der Waals surface area contributed by atoms with Gasteiger partial charge in [-0.3, -0.25) is 0 Å². The maximum atomic E-state index is 13.2. The Bertz CT molecular complexity index is 677. The SMILES string of the molecule is N/C(=N/O)c1ccc(Oc2cc(F)ccc2Br)c(Br)c1. The summed E-state index contributed by atoms with van der Waals surface area (Å²) in [5, 5.41) is 11.5. The van der Waals surface area contributed by atoms with Gasteiger partial charge in [0.05, 0.1) is 8.95 Å². The zero-order chi connectivity index (χ0) is 14.7. The van der Waals surface area contributed by atoms with Crippen LogP contribution in [0.25, 0.3) is 0 Å². The largest absolute Gasteiger partial charge is 0.455 e. The first-order valence-corrected chi connectivity index (χ1v) is 7.00. The first-order valence-electron chi connectivity index (χ1n) is 5.41. The van der Waals surface area contributed by atoms with Crippen LogP contribution in [0.1, 0.15) is 5.56 Å². The van der Waals surface area contributed by atoms with Gasteiger partial charge < -0.3 is 15.7 Å². The summed E-state index contributed by atoms with van der Waals surface area (Å²) in [5.41, 5.74) is 6.02. The van der Waals surface area contributed by atoms with Gasteiger partial charge in [-0.25, -0.2) is 4.39 Å². The lowest BCUT2D eigenvalue weighted by molar-refractivity contribution is 0.318. The molecule has 0 heterocycles. The van der Waals surface area contributed by atoms with Crippen molar-refractivity contribution in [3.8, 4) is 11.5 Å². The Kier molecular flexibility index (Phi) is 4.61. The van der Waals surface area contributed by atoms with Crippen LogP contribution in [0.4, 0.5) is 4.39 Å². The second kappa shape index (κ2) is 6.23. The summed E-state index contributed by atoms with van der Waals surface area (Å²) in [5.74, 6) is 0.421. The fourth-order valence-corrected chi connectivity index (χ4v) is 2.26. The molecule has 0 amide bonds. The average Bonchev–Trinajstić information content (AvgIpc) is 2.44. The van der Waals surface area contributed by atoms with Crippen LogP contribution in [0.3, 0.4) is 0 Å². The quantitative estimate of drug-likeness (QED) is 0.348. The number of nitrogens with zero attached hydrogens (tertiary/aromatic N) is 1. The summed E-state index contributed by atoms with van der Waals surface area (Å²) >= 11 is 6.60. The Labute approximate surface area is 131 Å². The van der Waals surface area contributed by atoms with Crippen molar-refractivity contribution in [2.45, 2.75) is 0 Å². The highest BCUT2D eigenvalue weighted by molar-refractivity contribution is 9.11. The Morgan fingerprint density at radius 3 is 2.50 bits per heavy atom. The summed E-state index contributed by atoms with van der Waals surface area (Å²) in [6.45, 7) is 0. The van der Waals surface area contributed by atoms with Gasteiger partial charge in [-0.2, -0.15) is 0 Å². The number of oxime groups is 1. The molecule has 2 aromatic rings. The normalized spacial score (nSPS) is 11.4. The monoisotopic (exact) mass is 402 g/mol. The standard InChI is InChI=1S/C13H9Br2FN2O2/c14-9-3-2-8(16)6-12(9)20-11-4-1-7(5-10(11)15)13(17)18-19/h1-6,19H,(H2,17,18). The molecule has 20 heavy (non-hydrogen) atoms. The fourth-order valence-electron chi connectivity index (χ4n) is 1.47. The molecule has 2 rings (SSSR count). The third-order valence-electron chi connectivity index (χ3n) is 2.45. The minimum Gasteiger partial charge on any atom is -0.455 e. The zero-order valence-corrected chi connectivity index (χ0v) is 13.2. The molecule has 0 aliphatic heterocycles. The van der Waals surface area contributed by atoms with E-state index in [2.05, 4.69) is 37.0 Å². The molecule has 7 heteroatoms. The van der Waals surface area contributed by atoms with E-state index in [1.807, 2.05) is 0 Å². The maximum Gasteiger partial charge on any atom is 0.170 e. The molecule has 0 bridgehead atoms. The van der Waals surface area contributed by atoms with E-state index in [1.165, 1.54) is 12.1 Å². The van der Waals surface area contributed by atoms with Crippen LogP contribution in [0.2, 0.25) is 0 Å². The highest BCUT2D eigenvalue weighted by Gasteiger charge is 2.09. The Balaban J connectivity index is 2.33. The van der Waals surface area contributed by atoms with Gasteiger partial charge in [0.2, 0.25) is 0 Å². The summed E-state index contributed by atoms with van der Waals surface area (Å²) in [6, 6.07) is 9.06. The van der Waals surface area contributed by atoms with Gasteiger partial charge in [-0.1, -0.05) is 5.16 Å². The second-order valence-electron chi connectivity index (χ2n) is 3.81. The van der Waals surface area contributed by atoms with Crippen LogP contribution < -0.4 is 10.5 Å². The van der Waals surface area contributed by atoms with E-state index in [0.717, 1.165) is 0 Å². The minimum atomic E-state index is -0.396. The molecular weight excluding hydrogens is 395 g/mol. The van der Waals surface area contributed by atoms with Crippen LogP contribution in [-0.2, 0) is 0 Å². The van der Waals surface area contributed by atoms with Gasteiger partial charge in [0, 0.05) is 11.6 Å². The zero-order valence-electron chi connectivity index (χ0n) is 9.98. The number of hydrogen-bond donors (Lipinski definition) is 2. The first-order chi connectivity index (χ1) is 9.51. The Morgan fingerprint density at radius 2 is 1.85 bits per heavy atom. The van der Waals surface area contributed by atoms with E-state index in [0.29, 0.717) is 26.0 Å². The predicted octanol–water partition coefficient (Wildman–Crippen LogP) is 4.24. The van der Waals surface area contributed by atoms with E-state index in [4.69, 9.17) is 15.7 Å². The molecule has 0 fully saturated rings. The van der Waals surface area contributed by atoms with Gasteiger partial charge in [-0.15, -0.1) is 0 Å². The molecule has 0 aliphatic carbocycles. The maximum absolute atomic E-state index is 13.2. The van der Waals surface area contributed by atoms with Crippen LogP contribution in [0, 0.1) is 5.82 Å². The van der Waals surface area contributed by atoms with Gasteiger partial charge in [0.25, 0.3) is 0 Å². The van der Waals surface area contributed by atoms with Crippen molar-refractivity contribution in [3.63, 3.8) is 0 Å². The minimum absolute atomic E-state index is 0.0100. The van der Waals surface area contributed by atoms with Crippen LogP contribution in [0.5, 0.6) is 11.5 Å². The van der Waals surface area contributed by atoms with E-state index >= 15 is 0 Å². The molecule has 0 saturated carbocycles. The molecular formula is C13H9Br2FN2O2. The Morgan fingerprint density at radius 1 is 1.10 bits per heavy atom.